The molecule has 0 aliphatic carbocycles. The first-order valence-corrected chi connectivity index (χ1v) is 10.6. The van der Waals surface area contributed by atoms with Gasteiger partial charge >= 0.3 is 0 Å². The maximum absolute atomic E-state index is 5.81. The van der Waals surface area contributed by atoms with E-state index >= 15 is 0 Å². The summed E-state index contributed by atoms with van der Waals surface area (Å²) in [7, 11) is 3.30. The highest BCUT2D eigenvalue weighted by Crippen LogP contribution is 2.33. The van der Waals surface area contributed by atoms with Crippen molar-refractivity contribution < 1.29 is 28.4 Å². The molecule has 6 heteroatoms. The van der Waals surface area contributed by atoms with Crippen LogP contribution in [0.5, 0.6) is 11.5 Å². The molecule has 0 aliphatic heterocycles. The fourth-order valence-electron chi connectivity index (χ4n) is 3.11. The quantitative estimate of drug-likeness (QED) is 0.316. The molecule has 0 saturated carbocycles. The van der Waals surface area contributed by atoms with E-state index in [0.29, 0.717) is 26.4 Å². The summed E-state index contributed by atoms with van der Waals surface area (Å²) in [6.45, 7) is 10.2. The zero-order valence-electron chi connectivity index (χ0n) is 19.6. The second-order valence-electron chi connectivity index (χ2n) is 7.77. The van der Waals surface area contributed by atoms with Gasteiger partial charge in [0.1, 0.15) is 11.5 Å². The maximum atomic E-state index is 5.81. The van der Waals surface area contributed by atoms with Crippen LogP contribution in [0.3, 0.4) is 0 Å². The van der Waals surface area contributed by atoms with Crippen molar-refractivity contribution in [2.24, 2.45) is 0 Å². The van der Waals surface area contributed by atoms with E-state index < -0.39 is 0 Å². The van der Waals surface area contributed by atoms with E-state index in [0.717, 1.165) is 11.5 Å². The largest absolute Gasteiger partial charge is 0.465 e. The third kappa shape index (κ3) is 8.15. The molecule has 0 heterocycles. The lowest BCUT2D eigenvalue weighted by Crippen LogP contribution is -2.20. The summed E-state index contributed by atoms with van der Waals surface area (Å²) in [4.78, 5) is 0. The molecule has 0 bridgehead atoms. The van der Waals surface area contributed by atoms with E-state index in [-0.39, 0.29) is 18.0 Å². The van der Waals surface area contributed by atoms with Crippen molar-refractivity contribution in [2.45, 2.75) is 45.7 Å². The Kier molecular flexibility index (Phi) is 10.3. The van der Waals surface area contributed by atoms with Crippen LogP contribution in [-0.2, 0) is 24.4 Å². The van der Waals surface area contributed by atoms with Gasteiger partial charge in [-0.25, -0.2) is 0 Å². The molecule has 2 aromatic rings. The van der Waals surface area contributed by atoms with Gasteiger partial charge in [-0.3, -0.25) is 0 Å². The minimum Gasteiger partial charge on any atom is -0.465 e. The average molecular weight is 433 g/mol. The number of hydrogen-bond donors (Lipinski definition) is 0. The third-order valence-corrected chi connectivity index (χ3v) is 5.04. The van der Waals surface area contributed by atoms with Gasteiger partial charge in [-0.1, -0.05) is 38.1 Å². The SMILES string of the molecule is COCCOC(C)Oc1ccc(C(C)(C)c2ccc(OC(C)OCCOC)cc2)cc1. The normalized spacial score (nSPS) is 13.6. The van der Waals surface area contributed by atoms with Gasteiger partial charge in [-0.2, -0.15) is 0 Å². The molecule has 31 heavy (non-hydrogen) atoms. The van der Waals surface area contributed by atoms with Crippen molar-refractivity contribution in [1.82, 2.24) is 0 Å². The fourth-order valence-corrected chi connectivity index (χ4v) is 3.11. The Morgan fingerprint density at radius 2 is 0.968 bits per heavy atom. The Morgan fingerprint density at radius 3 is 1.29 bits per heavy atom. The van der Waals surface area contributed by atoms with Crippen molar-refractivity contribution in [2.75, 3.05) is 40.6 Å². The molecule has 0 aliphatic rings. The van der Waals surface area contributed by atoms with E-state index in [2.05, 4.69) is 38.1 Å². The zero-order chi connectivity index (χ0) is 22.7. The summed E-state index contributed by atoms with van der Waals surface area (Å²) >= 11 is 0. The molecule has 2 atom stereocenters. The Morgan fingerprint density at radius 1 is 0.613 bits per heavy atom. The predicted octanol–water partition coefficient (Wildman–Crippen LogP) is 4.79. The number of ether oxygens (including phenoxy) is 6. The van der Waals surface area contributed by atoms with Gasteiger partial charge in [-0.15, -0.1) is 0 Å². The van der Waals surface area contributed by atoms with E-state index in [1.165, 1.54) is 11.1 Å². The maximum Gasteiger partial charge on any atom is 0.197 e. The summed E-state index contributed by atoms with van der Waals surface area (Å²) in [5, 5.41) is 0. The van der Waals surface area contributed by atoms with Gasteiger partial charge in [0, 0.05) is 19.6 Å². The molecule has 2 rings (SSSR count). The van der Waals surface area contributed by atoms with Crippen LogP contribution < -0.4 is 9.47 Å². The lowest BCUT2D eigenvalue weighted by Gasteiger charge is -2.27. The van der Waals surface area contributed by atoms with Crippen molar-refractivity contribution in [3.8, 4) is 11.5 Å². The monoisotopic (exact) mass is 432 g/mol. The van der Waals surface area contributed by atoms with Gasteiger partial charge in [0.25, 0.3) is 0 Å². The second-order valence-corrected chi connectivity index (χ2v) is 7.77. The second kappa shape index (κ2) is 12.7. The van der Waals surface area contributed by atoms with Gasteiger partial charge in [0.05, 0.1) is 26.4 Å². The molecule has 0 aromatic heterocycles. The van der Waals surface area contributed by atoms with E-state index in [4.69, 9.17) is 28.4 Å². The van der Waals surface area contributed by atoms with Crippen LogP contribution in [0.4, 0.5) is 0 Å². The molecule has 0 N–H and O–H groups in total. The predicted molar refractivity (Wildman–Crippen MR) is 121 cm³/mol. The number of rotatable bonds is 14. The fraction of sp³-hybridized carbons (Fsp3) is 0.520. The molecule has 0 radical (unpaired) electrons. The minimum absolute atomic E-state index is 0.168. The summed E-state index contributed by atoms with van der Waals surface area (Å²) < 4.78 is 32.7. The highest BCUT2D eigenvalue weighted by Gasteiger charge is 2.23. The third-order valence-electron chi connectivity index (χ3n) is 5.04. The van der Waals surface area contributed by atoms with Crippen LogP contribution in [0.1, 0.15) is 38.8 Å². The molecule has 2 unspecified atom stereocenters. The standard InChI is InChI=1S/C25H36O6/c1-19(28-17-15-26-5)30-23-11-7-21(8-12-23)25(3,4)22-9-13-24(14-10-22)31-20(2)29-18-16-27-6/h7-14,19-20H,15-18H2,1-6H3. The number of methoxy groups -OCH3 is 2. The van der Waals surface area contributed by atoms with Crippen molar-refractivity contribution in [1.29, 1.82) is 0 Å². The molecule has 0 saturated heterocycles. The number of hydrogen-bond acceptors (Lipinski definition) is 6. The molecule has 0 spiro atoms. The number of benzene rings is 2. The van der Waals surface area contributed by atoms with Crippen molar-refractivity contribution in [3.05, 3.63) is 59.7 Å². The van der Waals surface area contributed by atoms with E-state index in [1.54, 1.807) is 14.2 Å². The van der Waals surface area contributed by atoms with Crippen LogP contribution >= 0.6 is 0 Å². The molecular weight excluding hydrogens is 396 g/mol. The zero-order valence-corrected chi connectivity index (χ0v) is 19.6. The molecule has 0 amide bonds. The van der Waals surface area contributed by atoms with Crippen LogP contribution in [0.2, 0.25) is 0 Å². The van der Waals surface area contributed by atoms with Gasteiger partial charge < -0.3 is 28.4 Å². The first-order chi connectivity index (χ1) is 14.9. The lowest BCUT2D eigenvalue weighted by atomic mass is 9.78. The Hall–Kier alpha value is -2.12. The molecule has 2 aromatic carbocycles. The first-order valence-electron chi connectivity index (χ1n) is 10.6. The van der Waals surface area contributed by atoms with Gasteiger partial charge in [0.15, 0.2) is 12.6 Å². The Labute approximate surface area is 186 Å². The highest BCUT2D eigenvalue weighted by atomic mass is 16.7. The van der Waals surface area contributed by atoms with E-state index in [1.807, 2.05) is 38.1 Å². The summed E-state index contributed by atoms with van der Waals surface area (Å²) in [6.07, 6.45) is -0.662. The Bertz CT molecular complexity index is 678. The van der Waals surface area contributed by atoms with Crippen molar-refractivity contribution >= 4 is 0 Å². The molecular formula is C25H36O6. The minimum atomic E-state index is -0.331. The first kappa shape index (κ1) is 25.1. The smallest absolute Gasteiger partial charge is 0.197 e. The summed E-state index contributed by atoms with van der Waals surface area (Å²) in [5.74, 6) is 1.55. The Balaban J connectivity index is 1.96. The van der Waals surface area contributed by atoms with Gasteiger partial charge in [-0.05, 0) is 49.2 Å². The summed E-state index contributed by atoms with van der Waals surface area (Å²) in [6, 6.07) is 16.3. The topological polar surface area (TPSA) is 55.4 Å². The highest BCUT2D eigenvalue weighted by molar-refractivity contribution is 5.41. The van der Waals surface area contributed by atoms with Crippen LogP contribution in [0.15, 0.2) is 48.5 Å². The van der Waals surface area contributed by atoms with E-state index in [9.17, 15) is 0 Å². The van der Waals surface area contributed by atoms with Crippen molar-refractivity contribution in [3.63, 3.8) is 0 Å². The molecule has 6 nitrogen and oxygen atoms in total. The van der Waals surface area contributed by atoms with Crippen LogP contribution in [0, 0.1) is 0 Å². The van der Waals surface area contributed by atoms with Crippen LogP contribution in [0.25, 0.3) is 0 Å². The van der Waals surface area contributed by atoms with Crippen LogP contribution in [-0.4, -0.2) is 53.2 Å². The molecule has 0 fully saturated rings. The van der Waals surface area contributed by atoms with Gasteiger partial charge in [0.2, 0.25) is 0 Å². The summed E-state index contributed by atoms with van der Waals surface area (Å²) in [5.41, 5.74) is 2.22. The molecule has 172 valence electrons. The average Bonchev–Trinajstić information content (AvgIpc) is 2.75. The lowest BCUT2D eigenvalue weighted by molar-refractivity contribution is -0.0798.